The molecule has 210 valence electrons. The van der Waals surface area contributed by atoms with Crippen molar-refractivity contribution in [2.75, 3.05) is 31.6 Å². The lowest BCUT2D eigenvalue weighted by atomic mass is 9.86. The number of sulfonamides is 1. The highest BCUT2D eigenvalue weighted by Gasteiger charge is 2.27. The summed E-state index contributed by atoms with van der Waals surface area (Å²) in [5.74, 6) is -0.873. The number of aliphatic hydroxyl groups is 2. The zero-order valence-corrected chi connectivity index (χ0v) is 22.7. The average molecular weight is 570 g/mol. The Hall–Kier alpha value is -4.33. The van der Waals surface area contributed by atoms with Crippen molar-refractivity contribution < 1.29 is 35.6 Å². The Labute approximate surface area is 234 Å². The summed E-state index contributed by atoms with van der Waals surface area (Å²) in [4.78, 5) is 16.7. The van der Waals surface area contributed by atoms with Crippen LogP contribution in [0, 0.1) is 0 Å². The number of hydrogen-bond acceptors (Lipinski definition) is 11. The van der Waals surface area contributed by atoms with Gasteiger partial charge in [0.1, 0.15) is 6.61 Å². The Kier molecular flexibility index (Phi) is 7.93. The lowest BCUT2D eigenvalue weighted by molar-refractivity contribution is 0.192. The molecule has 0 saturated carbocycles. The third kappa shape index (κ3) is 6.45. The molecule has 0 amide bonds. The van der Waals surface area contributed by atoms with Crippen molar-refractivity contribution in [3.05, 3.63) is 72.6 Å². The monoisotopic (exact) mass is 569 g/mol. The normalized spacial score (nSPS) is 12.7. The predicted molar refractivity (Wildman–Crippen MR) is 146 cm³/mol. The zero-order valence-electron chi connectivity index (χ0n) is 23.9. The number of aliphatic hydroxyl groups excluding tert-OH is 1. The van der Waals surface area contributed by atoms with Crippen LogP contribution in [0.1, 0.15) is 22.2 Å². The Morgan fingerprint density at radius 1 is 0.950 bits per heavy atom. The summed E-state index contributed by atoms with van der Waals surface area (Å²) in [6, 6.07) is 14.0. The van der Waals surface area contributed by atoms with Gasteiger partial charge in [-0.3, -0.25) is 4.72 Å². The highest BCUT2D eigenvalue weighted by atomic mass is 32.2. The Balaban J connectivity index is 1.86. The standard InChI is InChI=1S/C27H29N5O7S/c1-27(2,17-34)18-9-11-19(12-10-18)40(35,36)32-23-22(39-21-8-5-4-7-20(21)37-3)26(38-16-15-33)31-25(30-23)24-28-13-6-14-29-24/h4-14,33-34H,15-17H2,1-3H3,(H,30,31,32)/i15D2. The molecule has 0 fully saturated rings. The van der Waals surface area contributed by atoms with Gasteiger partial charge in [0.15, 0.2) is 23.1 Å². The van der Waals surface area contributed by atoms with E-state index < -0.39 is 34.5 Å². The first-order valence-corrected chi connectivity index (χ1v) is 13.4. The van der Waals surface area contributed by atoms with Crippen molar-refractivity contribution in [3.8, 4) is 34.8 Å². The van der Waals surface area contributed by atoms with Crippen molar-refractivity contribution in [3.63, 3.8) is 0 Å². The number of rotatable bonds is 12. The van der Waals surface area contributed by atoms with E-state index in [2.05, 4.69) is 24.7 Å². The maximum Gasteiger partial charge on any atom is 0.263 e. The molecular formula is C27H29N5O7S. The van der Waals surface area contributed by atoms with Gasteiger partial charge in [0.2, 0.25) is 11.6 Å². The van der Waals surface area contributed by atoms with E-state index in [1.807, 2.05) is 13.8 Å². The van der Waals surface area contributed by atoms with Crippen LogP contribution in [0.2, 0.25) is 0 Å². The van der Waals surface area contributed by atoms with Crippen LogP contribution < -0.4 is 18.9 Å². The molecule has 0 aliphatic heterocycles. The fourth-order valence-corrected chi connectivity index (χ4v) is 4.49. The molecular weight excluding hydrogens is 538 g/mol. The van der Waals surface area contributed by atoms with Gasteiger partial charge in [0, 0.05) is 17.8 Å². The van der Waals surface area contributed by atoms with Crippen LogP contribution in [-0.4, -0.2) is 65.4 Å². The molecule has 2 aromatic carbocycles. The first kappa shape index (κ1) is 25.9. The van der Waals surface area contributed by atoms with E-state index in [1.165, 1.54) is 31.6 Å². The smallest absolute Gasteiger partial charge is 0.263 e. The number of hydrogen-bond donors (Lipinski definition) is 3. The maximum atomic E-state index is 13.6. The van der Waals surface area contributed by atoms with Gasteiger partial charge in [0.25, 0.3) is 15.9 Å². The largest absolute Gasteiger partial charge is 0.493 e. The van der Waals surface area contributed by atoms with Gasteiger partial charge in [0.05, 0.1) is 27.9 Å². The summed E-state index contributed by atoms with van der Waals surface area (Å²) in [5.41, 5.74) is 0.135. The summed E-state index contributed by atoms with van der Waals surface area (Å²) in [6.45, 7) is -0.141. The van der Waals surface area contributed by atoms with Gasteiger partial charge in [-0.25, -0.2) is 23.4 Å². The van der Waals surface area contributed by atoms with Gasteiger partial charge in [-0.05, 0) is 35.9 Å². The number of anilines is 1. The predicted octanol–water partition coefficient (Wildman–Crippen LogP) is 3.18. The summed E-state index contributed by atoms with van der Waals surface area (Å²) in [6.07, 6.45) is 2.86. The highest BCUT2D eigenvalue weighted by Crippen LogP contribution is 2.41. The molecule has 0 aliphatic rings. The van der Waals surface area contributed by atoms with E-state index in [1.54, 1.807) is 42.5 Å². The lowest BCUT2D eigenvalue weighted by Crippen LogP contribution is -2.22. The fourth-order valence-electron chi connectivity index (χ4n) is 3.48. The lowest BCUT2D eigenvalue weighted by Gasteiger charge is -2.22. The van der Waals surface area contributed by atoms with Crippen LogP contribution >= 0.6 is 0 Å². The summed E-state index contributed by atoms with van der Waals surface area (Å²) in [7, 11) is -2.89. The van der Waals surface area contributed by atoms with Crippen LogP contribution in [0.25, 0.3) is 11.6 Å². The van der Waals surface area contributed by atoms with Crippen molar-refractivity contribution in [2.24, 2.45) is 0 Å². The quantitative estimate of drug-likeness (QED) is 0.229. The molecule has 0 spiro atoms. The summed E-state index contributed by atoms with van der Waals surface area (Å²) < 4.78 is 61.3. The van der Waals surface area contributed by atoms with Crippen LogP contribution in [0.4, 0.5) is 5.82 Å². The SMILES string of the molecule is [2H]C([2H])(O)COc1nc(-c2ncccn2)nc(NS(=O)(=O)c2ccc(C(C)(C)CO)cc2)c1Oc1ccccc1OC. The maximum absolute atomic E-state index is 13.6. The molecule has 0 bridgehead atoms. The molecule has 0 radical (unpaired) electrons. The van der Waals surface area contributed by atoms with E-state index in [4.69, 9.17) is 17.0 Å². The molecule has 0 aliphatic carbocycles. The van der Waals surface area contributed by atoms with Crippen LogP contribution in [0.3, 0.4) is 0 Å². The molecule has 3 N–H and O–H groups in total. The Bertz CT molecular complexity index is 1640. The van der Waals surface area contributed by atoms with Crippen LogP contribution in [0.5, 0.6) is 23.1 Å². The van der Waals surface area contributed by atoms with Crippen molar-refractivity contribution in [2.45, 2.75) is 24.2 Å². The van der Waals surface area contributed by atoms with Gasteiger partial charge in [-0.2, -0.15) is 4.98 Å². The number of aromatic nitrogens is 4. The number of ether oxygens (including phenoxy) is 3. The molecule has 12 nitrogen and oxygen atoms in total. The topological polar surface area (TPSA) is 166 Å². The molecule has 2 aromatic heterocycles. The first-order chi connectivity index (χ1) is 19.8. The third-order valence-corrected chi connectivity index (χ3v) is 7.08. The third-order valence-electron chi connectivity index (χ3n) is 5.73. The van der Waals surface area contributed by atoms with E-state index in [0.717, 1.165) is 5.56 Å². The summed E-state index contributed by atoms with van der Waals surface area (Å²) >= 11 is 0. The van der Waals surface area contributed by atoms with Crippen molar-refractivity contribution in [1.29, 1.82) is 0 Å². The van der Waals surface area contributed by atoms with Gasteiger partial charge in [-0.1, -0.05) is 38.1 Å². The minimum absolute atomic E-state index is 0.00855. The number of benzene rings is 2. The van der Waals surface area contributed by atoms with Crippen molar-refractivity contribution >= 4 is 15.8 Å². The average Bonchev–Trinajstić information content (AvgIpc) is 2.97. The van der Waals surface area contributed by atoms with E-state index in [-0.39, 0.29) is 46.2 Å². The molecule has 2 heterocycles. The summed E-state index contributed by atoms with van der Waals surface area (Å²) in [5, 5.41) is 19.4. The second kappa shape index (κ2) is 12.2. The number of methoxy groups -OCH3 is 1. The number of nitrogens with one attached hydrogen (secondary N) is 1. The second-order valence-corrected chi connectivity index (χ2v) is 10.7. The second-order valence-electron chi connectivity index (χ2n) is 8.97. The van der Waals surface area contributed by atoms with Gasteiger partial charge in [-0.15, -0.1) is 0 Å². The molecule has 4 aromatic rings. The fraction of sp³-hybridized carbons (Fsp3) is 0.259. The molecule has 4 rings (SSSR count). The Morgan fingerprint density at radius 3 is 2.25 bits per heavy atom. The number of para-hydroxylation sites is 2. The number of nitrogens with zero attached hydrogens (tertiary/aromatic N) is 4. The first-order valence-electron chi connectivity index (χ1n) is 12.9. The highest BCUT2D eigenvalue weighted by molar-refractivity contribution is 7.92. The molecule has 40 heavy (non-hydrogen) atoms. The van der Waals surface area contributed by atoms with Gasteiger partial charge >= 0.3 is 0 Å². The van der Waals surface area contributed by atoms with E-state index in [0.29, 0.717) is 0 Å². The minimum Gasteiger partial charge on any atom is -0.493 e. The Morgan fingerprint density at radius 2 is 1.62 bits per heavy atom. The van der Waals surface area contributed by atoms with Crippen LogP contribution in [0.15, 0.2) is 71.9 Å². The van der Waals surface area contributed by atoms with E-state index in [9.17, 15) is 18.6 Å². The van der Waals surface area contributed by atoms with E-state index >= 15 is 0 Å². The van der Waals surface area contributed by atoms with Crippen LogP contribution in [-0.2, 0) is 15.4 Å². The minimum atomic E-state index is -4.31. The zero-order chi connectivity index (χ0) is 30.5. The molecule has 0 unspecified atom stereocenters. The molecule has 13 heteroatoms. The molecule has 0 saturated heterocycles. The molecule has 0 atom stereocenters. The van der Waals surface area contributed by atoms with Gasteiger partial charge < -0.3 is 24.4 Å². The van der Waals surface area contributed by atoms with Crippen molar-refractivity contribution in [1.82, 2.24) is 19.9 Å².